The Bertz CT molecular complexity index is 1370. The Kier molecular flexibility index (Phi) is 6.32. The Balaban J connectivity index is 1.13. The number of carbonyl (C=O) groups is 2. The Morgan fingerprint density at radius 1 is 0.881 bits per heavy atom. The van der Waals surface area contributed by atoms with Crippen LogP contribution < -0.4 is 0 Å². The van der Waals surface area contributed by atoms with Gasteiger partial charge in [-0.2, -0.15) is 0 Å². The van der Waals surface area contributed by atoms with Gasteiger partial charge < -0.3 is 48.8 Å². The smallest absolute Gasteiger partial charge is 0.338 e. The molecule has 7 fully saturated rings. The minimum absolute atomic E-state index is 0.0572. The molecule has 9 rings (SSSR count). The molecule has 4 saturated heterocycles. The van der Waals surface area contributed by atoms with Crippen LogP contribution in [0.15, 0.2) is 60.7 Å². The molecule has 2 aromatic carbocycles. The van der Waals surface area contributed by atoms with Crippen LogP contribution in [-0.4, -0.2) is 99.6 Å². The van der Waals surface area contributed by atoms with Gasteiger partial charge in [0.05, 0.1) is 16.5 Å². The number of carbonyl (C=O) groups excluding carboxylic acids is 2. The number of hydrogen-bond acceptors (Lipinski definition) is 12. The molecule has 224 valence electrons. The molecule has 0 amide bonds. The number of aliphatic hydroxyl groups is 4. The van der Waals surface area contributed by atoms with Crippen molar-refractivity contribution < 1.29 is 58.4 Å². The topological polar surface area (TPSA) is 170 Å². The van der Waals surface area contributed by atoms with Crippen molar-refractivity contribution in [3.8, 4) is 0 Å². The second-order valence-corrected chi connectivity index (χ2v) is 12.0. The predicted octanol–water partition coefficient (Wildman–Crippen LogP) is 0.507. The van der Waals surface area contributed by atoms with Gasteiger partial charge >= 0.3 is 11.9 Å². The van der Waals surface area contributed by atoms with Crippen LogP contribution in [0.2, 0.25) is 0 Å². The van der Waals surface area contributed by atoms with Gasteiger partial charge in [-0.05, 0) is 37.6 Å². The van der Waals surface area contributed by atoms with Crippen LogP contribution in [0.4, 0.5) is 0 Å². The summed E-state index contributed by atoms with van der Waals surface area (Å²) in [5, 5.41) is 43.6. The molecule has 7 aliphatic rings. The minimum atomic E-state index is -1.69. The minimum Gasteiger partial charge on any atom is -0.461 e. The van der Waals surface area contributed by atoms with Crippen molar-refractivity contribution in [2.24, 2.45) is 11.3 Å². The van der Waals surface area contributed by atoms with Crippen molar-refractivity contribution in [2.75, 3.05) is 13.2 Å². The maximum absolute atomic E-state index is 12.9. The number of benzene rings is 2. The number of rotatable bonds is 8. The van der Waals surface area contributed by atoms with Crippen LogP contribution in [0.3, 0.4) is 0 Å². The zero-order chi connectivity index (χ0) is 29.5. The molecular formula is C30H32O12. The van der Waals surface area contributed by atoms with Crippen molar-refractivity contribution in [1.82, 2.24) is 0 Å². The molecule has 4 N–H and O–H groups in total. The molecular weight excluding hydrogens is 552 g/mol. The summed E-state index contributed by atoms with van der Waals surface area (Å²) in [5.41, 5.74) is -2.88. The van der Waals surface area contributed by atoms with Crippen molar-refractivity contribution in [1.29, 1.82) is 0 Å². The van der Waals surface area contributed by atoms with E-state index >= 15 is 0 Å². The molecule has 6 bridgehead atoms. The number of esters is 2. The molecule has 0 aromatic heterocycles. The number of hydrogen-bond donors (Lipinski definition) is 4. The molecule has 6 unspecified atom stereocenters. The van der Waals surface area contributed by atoms with Gasteiger partial charge in [-0.1, -0.05) is 36.4 Å². The SMILES string of the molecule is CC12CC3(O)OC(O1)C1(COC(=O)c4ccccc4)C3CC21O[C@H]1O[C@H](COC(=O)c2ccccc2)[C@@H](O)[C@H](O)[C@H]1O. The highest BCUT2D eigenvalue weighted by Gasteiger charge is 2.94. The van der Waals surface area contributed by atoms with Crippen LogP contribution in [-0.2, 0) is 28.4 Å². The summed E-state index contributed by atoms with van der Waals surface area (Å²) in [7, 11) is 0. The second kappa shape index (κ2) is 9.53. The summed E-state index contributed by atoms with van der Waals surface area (Å²) >= 11 is 0. The summed E-state index contributed by atoms with van der Waals surface area (Å²) in [6, 6.07) is 16.7. The zero-order valence-corrected chi connectivity index (χ0v) is 22.7. The van der Waals surface area contributed by atoms with Gasteiger partial charge in [0.25, 0.3) is 0 Å². The van der Waals surface area contributed by atoms with Gasteiger partial charge in [0.2, 0.25) is 0 Å². The van der Waals surface area contributed by atoms with Crippen molar-refractivity contribution >= 4 is 11.9 Å². The first-order valence-corrected chi connectivity index (χ1v) is 13.9. The van der Waals surface area contributed by atoms with Crippen LogP contribution in [0.25, 0.3) is 0 Å². The summed E-state index contributed by atoms with van der Waals surface area (Å²) < 4.78 is 35.7. The predicted molar refractivity (Wildman–Crippen MR) is 138 cm³/mol. The molecule has 42 heavy (non-hydrogen) atoms. The molecule has 12 nitrogen and oxygen atoms in total. The normalized spacial score (nSPS) is 44.5. The van der Waals surface area contributed by atoms with E-state index in [9.17, 15) is 30.0 Å². The van der Waals surface area contributed by atoms with E-state index in [2.05, 4.69) is 0 Å². The van der Waals surface area contributed by atoms with E-state index in [1.54, 1.807) is 67.6 Å². The van der Waals surface area contributed by atoms with Gasteiger partial charge in [-0.25, -0.2) is 9.59 Å². The van der Waals surface area contributed by atoms with Crippen LogP contribution in [0.1, 0.15) is 40.5 Å². The third-order valence-corrected chi connectivity index (χ3v) is 9.78. The van der Waals surface area contributed by atoms with Gasteiger partial charge in [0.1, 0.15) is 48.8 Å². The van der Waals surface area contributed by atoms with Gasteiger partial charge in [-0.3, -0.25) is 0 Å². The van der Waals surface area contributed by atoms with Crippen LogP contribution >= 0.6 is 0 Å². The summed E-state index contributed by atoms with van der Waals surface area (Å²) in [4.78, 5) is 25.4. The maximum Gasteiger partial charge on any atom is 0.338 e. The Morgan fingerprint density at radius 3 is 2.14 bits per heavy atom. The molecule has 11 atom stereocenters. The molecule has 0 spiro atoms. The first-order chi connectivity index (χ1) is 20.0. The molecule has 12 heteroatoms. The second-order valence-electron chi connectivity index (χ2n) is 12.0. The largest absolute Gasteiger partial charge is 0.461 e. The molecule has 0 radical (unpaired) electrons. The maximum atomic E-state index is 12.9. The molecule has 3 saturated carbocycles. The number of aliphatic hydroxyl groups excluding tert-OH is 3. The monoisotopic (exact) mass is 584 g/mol. The van der Waals surface area contributed by atoms with E-state index in [-0.39, 0.29) is 19.4 Å². The van der Waals surface area contributed by atoms with Crippen molar-refractivity contribution in [3.63, 3.8) is 0 Å². The van der Waals surface area contributed by atoms with Gasteiger partial charge in [0.15, 0.2) is 18.4 Å². The Hall–Kier alpha value is -2.94. The lowest BCUT2D eigenvalue weighted by molar-refractivity contribution is -0.424. The standard InChI is InChI=1S/C30H32O12/c1-27-14-29(36)19-12-30(27,28(19,26(41-27)42-29)15-38-24(35)17-10-6-3-7-11-17)40-25-22(33)21(32)20(31)18(39-25)13-37-23(34)16-8-4-2-5-9-16/h2-11,18-22,25-26,31-33,36H,12-15H2,1H3/t18-,19?,20-,21+,22-,25-,26?,27?,28?,29?,30?/m1/s1. The lowest BCUT2D eigenvalue weighted by Crippen LogP contribution is -2.80. The first-order valence-electron chi connectivity index (χ1n) is 13.9. The highest BCUT2D eigenvalue weighted by Crippen LogP contribution is 2.81. The van der Waals surface area contributed by atoms with E-state index in [1.165, 1.54) is 0 Å². The van der Waals surface area contributed by atoms with Gasteiger partial charge in [0, 0.05) is 12.3 Å². The third kappa shape index (κ3) is 3.70. The third-order valence-electron chi connectivity index (χ3n) is 9.78. The average molecular weight is 585 g/mol. The Labute approximate surface area is 240 Å². The lowest BCUT2D eigenvalue weighted by atomic mass is 9.41. The quantitative estimate of drug-likeness (QED) is 0.318. The van der Waals surface area contributed by atoms with E-state index in [1.807, 2.05) is 0 Å². The van der Waals surface area contributed by atoms with E-state index in [0.717, 1.165) is 0 Å². The summed E-state index contributed by atoms with van der Waals surface area (Å²) in [5.74, 6) is -3.25. The van der Waals surface area contributed by atoms with Crippen molar-refractivity contribution in [3.05, 3.63) is 71.8 Å². The average Bonchev–Trinajstić information content (AvgIpc) is 3.18. The van der Waals surface area contributed by atoms with E-state index in [0.29, 0.717) is 11.1 Å². The first kappa shape index (κ1) is 27.9. The molecule has 4 heterocycles. The van der Waals surface area contributed by atoms with Crippen LogP contribution in [0.5, 0.6) is 0 Å². The molecule has 4 aliphatic heterocycles. The highest BCUT2D eigenvalue weighted by molar-refractivity contribution is 5.89. The van der Waals surface area contributed by atoms with Gasteiger partial charge in [-0.15, -0.1) is 0 Å². The number of ether oxygens (including phenoxy) is 6. The lowest BCUT2D eigenvalue weighted by Gasteiger charge is -2.67. The molecule has 3 aliphatic carbocycles. The highest BCUT2D eigenvalue weighted by atomic mass is 16.8. The van der Waals surface area contributed by atoms with E-state index < -0.39 is 83.9 Å². The fraction of sp³-hybridized carbons (Fsp3) is 0.533. The zero-order valence-electron chi connectivity index (χ0n) is 22.7. The van der Waals surface area contributed by atoms with Crippen LogP contribution in [0, 0.1) is 11.3 Å². The van der Waals surface area contributed by atoms with Crippen molar-refractivity contribution in [2.45, 2.75) is 73.8 Å². The molecule has 2 aromatic rings. The van der Waals surface area contributed by atoms with E-state index in [4.69, 9.17) is 28.4 Å². The fourth-order valence-electron chi connectivity index (χ4n) is 7.68. The summed E-state index contributed by atoms with van der Waals surface area (Å²) in [6.07, 6.45) is -8.34. The fourth-order valence-corrected chi connectivity index (χ4v) is 7.68. The summed E-state index contributed by atoms with van der Waals surface area (Å²) in [6.45, 7) is 1.12. The Morgan fingerprint density at radius 2 is 1.50 bits per heavy atom.